The molecule has 126 valence electrons. The van der Waals surface area contributed by atoms with E-state index in [-0.39, 0.29) is 24.2 Å². The summed E-state index contributed by atoms with van der Waals surface area (Å²) in [5.41, 5.74) is 0.529. The Hall–Kier alpha value is -2.11. The molecule has 1 aromatic carbocycles. The molecule has 0 spiro atoms. The third-order valence-electron chi connectivity index (χ3n) is 4.43. The lowest BCUT2D eigenvalue weighted by atomic mass is 9.81. The van der Waals surface area contributed by atoms with E-state index in [9.17, 15) is 14.0 Å². The Bertz CT molecular complexity index is 569. The van der Waals surface area contributed by atoms with Crippen molar-refractivity contribution in [3.63, 3.8) is 0 Å². The molecule has 0 heterocycles. The summed E-state index contributed by atoms with van der Waals surface area (Å²) in [5.74, 6) is -0.724. The number of hydrogen-bond donors (Lipinski definition) is 3. The Morgan fingerprint density at radius 2 is 1.96 bits per heavy atom. The molecule has 23 heavy (non-hydrogen) atoms. The van der Waals surface area contributed by atoms with Crippen LogP contribution in [0.2, 0.25) is 0 Å². The molecule has 0 unspecified atom stereocenters. The predicted octanol–water partition coefficient (Wildman–Crippen LogP) is 1.74. The zero-order valence-corrected chi connectivity index (χ0v) is 13.3. The van der Waals surface area contributed by atoms with E-state index in [2.05, 4.69) is 10.6 Å². The fourth-order valence-corrected chi connectivity index (χ4v) is 3.00. The van der Waals surface area contributed by atoms with Crippen LogP contribution in [0.5, 0.6) is 5.75 Å². The van der Waals surface area contributed by atoms with Crippen LogP contribution in [-0.4, -0.2) is 30.5 Å². The number of aromatic hydroxyl groups is 1. The minimum atomic E-state index is -0.720. The molecule has 0 aromatic heterocycles. The molecule has 0 radical (unpaired) electrons. The summed E-state index contributed by atoms with van der Waals surface area (Å²) < 4.78 is 13.2. The number of benzene rings is 1. The number of rotatable bonds is 5. The summed E-state index contributed by atoms with van der Waals surface area (Å²) in [4.78, 5) is 23.5. The summed E-state index contributed by atoms with van der Waals surface area (Å²) in [6.45, 7) is 0.583. The van der Waals surface area contributed by atoms with Gasteiger partial charge in [-0.2, -0.15) is 0 Å². The van der Waals surface area contributed by atoms with E-state index >= 15 is 0 Å². The molecular formula is C17H23FN2O3. The average molecular weight is 322 g/mol. The Morgan fingerprint density at radius 3 is 2.57 bits per heavy atom. The lowest BCUT2D eigenvalue weighted by Crippen LogP contribution is -2.35. The van der Waals surface area contributed by atoms with Gasteiger partial charge >= 0.3 is 0 Å². The monoisotopic (exact) mass is 322 g/mol. The van der Waals surface area contributed by atoms with Gasteiger partial charge in [0.15, 0.2) is 11.6 Å². The first kappa shape index (κ1) is 17.2. The van der Waals surface area contributed by atoms with Crippen LogP contribution >= 0.6 is 0 Å². The molecule has 1 saturated carbocycles. The van der Waals surface area contributed by atoms with Crippen molar-refractivity contribution in [1.29, 1.82) is 0 Å². The number of hydrogen-bond acceptors (Lipinski definition) is 3. The summed E-state index contributed by atoms with van der Waals surface area (Å²) >= 11 is 0. The van der Waals surface area contributed by atoms with Crippen LogP contribution in [0.25, 0.3) is 0 Å². The SMILES string of the molecule is CNC(=O)C1CCC(CNC(=O)Cc2ccc(O)c(F)c2)CC1. The van der Waals surface area contributed by atoms with Gasteiger partial charge in [-0.1, -0.05) is 6.07 Å². The van der Waals surface area contributed by atoms with Crippen LogP contribution in [0.3, 0.4) is 0 Å². The first-order valence-corrected chi connectivity index (χ1v) is 7.95. The molecule has 1 aliphatic carbocycles. The van der Waals surface area contributed by atoms with E-state index in [1.165, 1.54) is 18.2 Å². The summed E-state index contributed by atoms with van der Waals surface area (Å²) in [6, 6.07) is 3.95. The zero-order chi connectivity index (χ0) is 16.8. The highest BCUT2D eigenvalue weighted by Crippen LogP contribution is 2.28. The maximum absolute atomic E-state index is 13.2. The lowest BCUT2D eigenvalue weighted by Gasteiger charge is -2.27. The van der Waals surface area contributed by atoms with Gasteiger partial charge in [0.05, 0.1) is 6.42 Å². The van der Waals surface area contributed by atoms with Crippen LogP contribution in [0, 0.1) is 17.7 Å². The van der Waals surface area contributed by atoms with Crippen molar-refractivity contribution in [2.24, 2.45) is 11.8 Å². The topological polar surface area (TPSA) is 78.4 Å². The summed E-state index contributed by atoms with van der Waals surface area (Å²) in [7, 11) is 1.65. The number of carbonyl (C=O) groups excluding carboxylic acids is 2. The van der Waals surface area contributed by atoms with Gasteiger partial charge in [-0.25, -0.2) is 4.39 Å². The minimum Gasteiger partial charge on any atom is -0.505 e. The fraction of sp³-hybridized carbons (Fsp3) is 0.529. The van der Waals surface area contributed by atoms with Gasteiger partial charge in [0.2, 0.25) is 11.8 Å². The number of carbonyl (C=O) groups is 2. The first-order chi connectivity index (χ1) is 11.0. The zero-order valence-electron chi connectivity index (χ0n) is 13.3. The van der Waals surface area contributed by atoms with Crippen LogP contribution in [0.1, 0.15) is 31.2 Å². The van der Waals surface area contributed by atoms with E-state index in [4.69, 9.17) is 5.11 Å². The Morgan fingerprint density at radius 1 is 1.26 bits per heavy atom. The van der Waals surface area contributed by atoms with Crippen LogP contribution in [-0.2, 0) is 16.0 Å². The van der Waals surface area contributed by atoms with E-state index in [1.54, 1.807) is 7.05 Å². The van der Waals surface area contributed by atoms with Gasteiger partial charge in [0.1, 0.15) is 0 Å². The molecule has 0 atom stereocenters. The lowest BCUT2D eigenvalue weighted by molar-refractivity contribution is -0.126. The quantitative estimate of drug-likeness (QED) is 0.773. The minimum absolute atomic E-state index is 0.0881. The normalized spacial score (nSPS) is 20.8. The summed E-state index contributed by atoms with van der Waals surface area (Å²) in [6.07, 6.45) is 3.63. The molecule has 0 bridgehead atoms. The second-order valence-corrected chi connectivity index (χ2v) is 6.10. The smallest absolute Gasteiger partial charge is 0.224 e. The molecule has 1 fully saturated rings. The average Bonchev–Trinajstić information content (AvgIpc) is 2.56. The second kappa shape index (κ2) is 7.94. The number of nitrogens with one attached hydrogen (secondary N) is 2. The summed E-state index contributed by atoms with van der Waals surface area (Å²) in [5, 5.41) is 14.7. The molecule has 1 aromatic rings. The third kappa shape index (κ3) is 4.94. The largest absolute Gasteiger partial charge is 0.505 e. The van der Waals surface area contributed by atoms with Crippen molar-refractivity contribution in [3.8, 4) is 5.75 Å². The molecule has 0 saturated heterocycles. The number of halogens is 1. The van der Waals surface area contributed by atoms with E-state index in [0.29, 0.717) is 18.0 Å². The highest BCUT2D eigenvalue weighted by atomic mass is 19.1. The van der Waals surface area contributed by atoms with Crippen molar-refractivity contribution in [1.82, 2.24) is 10.6 Å². The van der Waals surface area contributed by atoms with E-state index in [0.717, 1.165) is 25.7 Å². The first-order valence-electron chi connectivity index (χ1n) is 7.95. The Balaban J connectivity index is 1.73. The third-order valence-corrected chi connectivity index (χ3v) is 4.43. The Kier molecular flexibility index (Phi) is 5.96. The number of phenolic OH excluding ortho intramolecular Hbond substituents is 1. The molecular weight excluding hydrogens is 299 g/mol. The van der Waals surface area contributed by atoms with E-state index in [1.807, 2.05) is 0 Å². The standard InChI is InChI=1S/C17H23FN2O3/c1-19-17(23)13-5-2-11(3-6-13)10-20-16(22)9-12-4-7-15(21)14(18)8-12/h4,7-8,11,13,21H,2-3,5-6,9-10H2,1H3,(H,19,23)(H,20,22). The van der Waals surface area contributed by atoms with Crippen molar-refractivity contribution in [2.75, 3.05) is 13.6 Å². The van der Waals surface area contributed by atoms with Gasteiger partial charge in [-0.05, 0) is 49.3 Å². The second-order valence-electron chi connectivity index (χ2n) is 6.10. The van der Waals surface area contributed by atoms with Crippen molar-refractivity contribution in [2.45, 2.75) is 32.1 Å². The van der Waals surface area contributed by atoms with Crippen molar-refractivity contribution >= 4 is 11.8 Å². The van der Waals surface area contributed by atoms with Gasteiger partial charge in [-0.3, -0.25) is 9.59 Å². The van der Waals surface area contributed by atoms with E-state index < -0.39 is 11.6 Å². The highest BCUT2D eigenvalue weighted by molar-refractivity contribution is 5.79. The van der Waals surface area contributed by atoms with Gasteiger partial charge < -0.3 is 15.7 Å². The number of amides is 2. The fourth-order valence-electron chi connectivity index (χ4n) is 3.00. The highest BCUT2D eigenvalue weighted by Gasteiger charge is 2.25. The Labute approximate surface area is 135 Å². The van der Waals surface area contributed by atoms with Gasteiger partial charge in [0, 0.05) is 19.5 Å². The molecule has 5 nitrogen and oxygen atoms in total. The molecule has 0 aliphatic heterocycles. The maximum atomic E-state index is 13.2. The van der Waals surface area contributed by atoms with Crippen LogP contribution in [0.4, 0.5) is 4.39 Å². The predicted molar refractivity (Wildman–Crippen MR) is 84.3 cm³/mol. The maximum Gasteiger partial charge on any atom is 0.224 e. The van der Waals surface area contributed by atoms with Crippen LogP contribution < -0.4 is 10.6 Å². The van der Waals surface area contributed by atoms with Crippen molar-refractivity contribution in [3.05, 3.63) is 29.6 Å². The molecule has 6 heteroatoms. The molecule has 2 rings (SSSR count). The van der Waals surface area contributed by atoms with Gasteiger partial charge in [0.25, 0.3) is 0 Å². The van der Waals surface area contributed by atoms with Crippen LogP contribution in [0.15, 0.2) is 18.2 Å². The molecule has 1 aliphatic rings. The molecule has 3 N–H and O–H groups in total. The van der Waals surface area contributed by atoms with Crippen molar-refractivity contribution < 1.29 is 19.1 Å². The van der Waals surface area contributed by atoms with Gasteiger partial charge in [-0.15, -0.1) is 0 Å². The number of phenols is 1. The molecule has 2 amide bonds.